The molecule has 22 heavy (non-hydrogen) atoms. The lowest BCUT2D eigenvalue weighted by Gasteiger charge is -2.12. The van der Waals surface area contributed by atoms with Crippen LogP contribution >= 0.6 is 0 Å². The first kappa shape index (κ1) is 14.5. The Morgan fingerprint density at radius 3 is 2.68 bits per heavy atom. The lowest BCUT2D eigenvalue weighted by Crippen LogP contribution is -2.30. The predicted molar refractivity (Wildman–Crippen MR) is 86.3 cm³/mol. The topological polar surface area (TPSA) is 47.7 Å². The van der Waals surface area contributed by atoms with Crippen LogP contribution in [0.5, 0.6) is 0 Å². The third kappa shape index (κ3) is 4.05. The van der Waals surface area contributed by atoms with Crippen LogP contribution in [0.4, 0.5) is 0 Å². The smallest absolute Gasteiger partial charge is 0.0659 e. The highest BCUT2D eigenvalue weighted by Crippen LogP contribution is 2.04. The monoisotopic (exact) mass is 295 g/mol. The normalized spacial score (nSPS) is 12.4. The van der Waals surface area contributed by atoms with Crippen molar-refractivity contribution in [3.05, 3.63) is 72.3 Å². The highest BCUT2D eigenvalue weighted by molar-refractivity contribution is 5.15. The number of benzene rings is 1. The van der Waals surface area contributed by atoms with Gasteiger partial charge in [0.1, 0.15) is 0 Å². The molecule has 2 aromatic heterocycles. The van der Waals surface area contributed by atoms with E-state index in [9.17, 15) is 0 Å². The Kier molecular flexibility index (Phi) is 4.65. The Morgan fingerprint density at radius 2 is 1.91 bits per heavy atom. The fourth-order valence-corrected chi connectivity index (χ4v) is 2.40. The van der Waals surface area contributed by atoms with Gasteiger partial charge in [-0.25, -0.2) is 0 Å². The Hall–Kier alpha value is -2.40. The number of rotatable bonds is 7. The summed E-state index contributed by atoms with van der Waals surface area (Å²) in [5, 5.41) is 12.1. The van der Waals surface area contributed by atoms with Gasteiger partial charge in [0.05, 0.1) is 19.3 Å². The van der Waals surface area contributed by atoms with Crippen LogP contribution < -0.4 is 5.32 Å². The van der Waals surface area contributed by atoms with Crippen molar-refractivity contribution in [1.29, 1.82) is 0 Å². The first-order valence-electron chi connectivity index (χ1n) is 7.55. The van der Waals surface area contributed by atoms with Gasteiger partial charge in [0.25, 0.3) is 0 Å². The van der Waals surface area contributed by atoms with Crippen molar-refractivity contribution in [2.45, 2.75) is 32.6 Å². The van der Waals surface area contributed by atoms with Gasteiger partial charge in [0.2, 0.25) is 0 Å². The number of nitrogens with one attached hydrogen (secondary N) is 1. The molecule has 114 valence electrons. The number of hydrogen-bond donors (Lipinski definition) is 1. The number of nitrogens with zero attached hydrogens (tertiary/aromatic N) is 4. The molecule has 1 atom stereocenters. The Balaban J connectivity index is 1.49. The van der Waals surface area contributed by atoms with E-state index in [0.29, 0.717) is 6.04 Å². The van der Waals surface area contributed by atoms with Gasteiger partial charge in [0, 0.05) is 36.7 Å². The maximum absolute atomic E-state index is 4.42. The van der Waals surface area contributed by atoms with Crippen LogP contribution in [-0.4, -0.2) is 25.6 Å². The third-order valence-electron chi connectivity index (χ3n) is 3.55. The first-order valence-corrected chi connectivity index (χ1v) is 7.55. The van der Waals surface area contributed by atoms with Crippen LogP contribution in [0.2, 0.25) is 0 Å². The zero-order chi connectivity index (χ0) is 15.2. The summed E-state index contributed by atoms with van der Waals surface area (Å²) >= 11 is 0. The second-order valence-corrected chi connectivity index (χ2v) is 5.54. The lowest BCUT2D eigenvalue weighted by molar-refractivity contribution is 0.450. The van der Waals surface area contributed by atoms with Crippen molar-refractivity contribution < 1.29 is 0 Å². The molecule has 0 saturated heterocycles. The van der Waals surface area contributed by atoms with E-state index in [0.717, 1.165) is 19.6 Å². The van der Waals surface area contributed by atoms with E-state index in [4.69, 9.17) is 0 Å². The molecule has 0 aliphatic heterocycles. The van der Waals surface area contributed by atoms with Gasteiger partial charge < -0.3 is 5.32 Å². The number of aromatic nitrogens is 4. The minimum atomic E-state index is 0.359. The summed E-state index contributed by atoms with van der Waals surface area (Å²) in [5.74, 6) is 0. The minimum Gasteiger partial charge on any atom is -0.308 e. The second kappa shape index (κ2) is 7.04. The zero-order valence-corrected chi connectivity index (χ0v) is 12.8. The lowest BCUT2D eigenvalue weighted by atomic mass is 10.2. The highest BCUT2D eigenvalue weighted by atomic mass is 15.3. The van der Waals surface area contributed by atoms with Crippen molar-refractivity contribution in [2.24, 2.45) is 0 Å². The van der Waals surface area contributed by atoms with E-state index in [1.165, 1.54) is 11.1 Å². The van der Waals surface area contributed by atoms with Gasteiger partial charge in [-0.2, -0.15) is 10.2 Å². The fourth-order valence-electron chi connectivity index (χ4n) is 2.40. The van der Waals surface area contributed by atoms with Crippen LogP contribution in [0, 0.1) is 0 Å². The zero-order valence-electron chi connectivity index (χ0n) is 12.8. The summed E-state index contributed by atoms with van der Waals surface area (Å²) in [6, 6.07) is 12.7. The van der Waals surface area contributed by atoms with Crippen LogP contribution in [0.3, 0.4) is 0 Å². The third-order valence-corrected chi connectivity index (χ3v) is 3.55. The molecule has 3 aromatic rings. The molecule has 2 heterocycles. The largest absolute Gasteiger partial charge is 0.308 e. The molecule has 0 unspecified atom stereocenters. The van der Waals surface area contributed by atoms with Crippen molar-refractivity contribution in [3.8, 4) is 0 Å². The fraction of sp³-hybridized carbons (Fsp3) is 0.294. The molecule has 5 heteroatoms. The molecule has 0 aliphatic carbocycles. The molecule has 0 saturated carbocycles. The summed E-state index contributed by atoms with van der Waals surface area (Å²) < 4.78 is 3.92. The van der Waals surface area contributed by atoms with Gasteiger partial charge in [-0.1, -0.05) is 30.3 Å². The molecule has 5 nitrogen and oxygen atoms in total. The molecular weight excluding hydrogens is 274 g/mol. The average Bonchev–Trinajstić information content (AvgIpc) is 3.18. The average molecular weight is 295 g/mol. The molecule has 0 radical (unpaired) electrons. The summed E-state index contributed by atoms with van der Waals surface area (Å²) in [7, 11) is 0. The maximum atomic E-state index is 4.42. The van der Waals surface area contributed by atoms with Gasteiger partial charge >= 0.3 is 0 Å². The van der Waals surface area contributed by atoms with E-state index < -0.39 is 0 Å². The van der Waals surface area contributed by atoms with E-state index in [1.807, 2.05) is 33.9 Å². The van der Waals surface area contributed by atoms with E-state index in [2.05, 4.69) is 52.9 Å². The molecule has 1 aromatic carbocycles. The van der Waals surface area contributed by atoms with Crippen molar-refractivity contribution in [1.82, 2.24) is 24.9 Å². The molecule has 1 N–H and O–H groups in total. The maximum Gasteiger partial charge on any atom is 0.0659 e. The SMILES string of the molecule is C[C@H](Cn1cccn1)NCc1cnn(Cc2ccccc2)c1. The standard InChI is InChI=1S/C17H21N5/c1-15(12-21-9-5-8-19-21)18-10-17-11-20-22(14-17)13-16-6-3-2-4-7-16/h2-9,11,14-15,18H,10,12-13H2,1H3/t15-/m1/s1. The van der Waals surface area contributed by atoms with Gasteiger partial charge in [-0.15, -0.1) is 0 Å². The van der Waals surface area contributed by atoms with E-state index in [-0.39, 0.29) is 0 Å². The summed E-state index contributed by atoms with van der Waals surface area (Å²) in [4.78, 5) is 0. The van der Waals surface area contributed by atoms with Crippen LogP contribution in [0.1, 0.15) is 18.1 Å². The summed E-state index contributed by atoms with van der Waals surface area (Å²) in [5.41, 5.74) is 2.46. The molecular formula is C17H21N5. The molecule has 0 spiro atoms. The van der Waals surface area contributed by atoms with Crippen LogP contribution in [-0.2, 0) is 19.6 Å². The summed E-state index contributed by atoms with van der Waals surface area (Å²) in [6.07, 6.45) is 7.81. The Labute approximate surface area is 130 Å². The highest BCUT2D eigenvalue weighted by Gasteiger charge is 2.04. The Morgan fingerprint density at radius 1 is 1.05 bits per heavy atom. The molecule has 0 amide bonds. The molecule has 3 rings (SSSR count). The van der Waals surface area contributed by atoms with Gasteiger partial charge in [-0.05, 0) is 18.6 Å². The van der Waals surface area contributed by atoms with Crippen molar-refractivity contribution in [2.75, 3.05) is 0 Å². The van der Waals surface area contributed by atoms with Crippen LogP contribution in [0.15, 0.2) is 61.2 Å². The van der Waals surface area contributed by atoms with Gasteiger partial charge in [-0.3, -0.25) is 9.36 Å². The van der Waals surface area contributed by atoms with Crippen molar-refractivity contribution in [3.63, 3.8) is 0 Å². The van der Waals surface area contributed by atoms with Gasteiger partial charge in [0.15, 0.2) is 0 Å². The summed E-state index contributed by atoms with van der Waals surface area (Å²) in [6.45, 7) is 4.65. The van der Waals surface area contributed by atoms with Crippen molar-refractivity contribution >= 4 is 0 Å². The second-order valence-electron chi connectivity index (χ2n) is 5.54. The minimum absolute atomic E-state index is 0.359. The molecule has 0 bridgehead atoms. The molecule has 0 fully saturated rings. The number of hydrogen-bond acceptors (Lipinski definition) is 3. The van der Waals surface area contributed by atoms with E-state index in [1.54, 1.807) is 6.20 Å². The Bertz CT molecular complexity index is 672. The van der Waals surface area contributed by atoms with Crippen LogP contribution in [0.25, 0.3) is 0 Å². The molecule has 0 aliphatic rings. The van der Waals surface area contributed by atoms with E-state index >= 15 is 0 Å². The quantitative estimate of drug-likeness (QED) is 0.727. The first-order chi connectivity index (χ1) is 10.8. The predicted octanol–water partition coefficient (Wildman–Crippen LogP) is 2.31.